The zero-order valence-corrected chi connectivity index (χ0v) is 40.3. The summed E-state index contributed by atoms with van der Waals surface area (Å²) in [5, 5.41) is 4.83. The topological polar surface area (TPSA) is 28.3 Å². The summed E-state index contributed by atoms with van der Waals surface area (Å²) in [5.41, 5.74) is 21.9. The number of nitrogens with zero attached hydrogens (tertiary/aromatic N) is 2. The molecule has 0 fully saturated rings. The largest absolute Gasteiger partial charge is 0.458 e. The lowest BCUT2D eigenvalue weighted by molar-refractivity contribution is 0.465. The number of aromatic nitrogens is 2. The highest BCUT2D eigenvalue weighted by Crippen LogP contribution is 2.44. The zero-order valence-electron chi connectivity index (χ0n) is 40.3. The number of aryl methyl sites for hydroxylation is 2. The van der Waals surface area contributed by atoms with Crippen molar-refractivity contribution in [3.8, 4) is 78.9 Å². The van der Waals surface area contributed by atoms with E-state index < -0.39 is 0 Å². The Morgan fingerprint density at radius 2 is 0.685 bits per heavy atom. The Morgan fingerprint density at radius 3 is 1.18 bits per heavy atom. The third-order valence-corrected chi connectivity index (χ3v) is 15.5. The number of hydrogen-bond acceptors (Lipinski definition) is 2. The highest BCUT2D eigenvalue weighted by molar-refractivity contribution is 6.98. The zero-order chi connectivity index (χ0) is 48.3. The number of hydrogen-bond donors (Lipinski definition) is 0. The highest BCUT2D eigenvalue weighted by Gasteiger charge is 2.41. The average molecular weight is 933 g/mol. The fraction of sp³-hybridized carbons (Fsp3) is 0.0294. The summed E-state index contributed by atoms with van der Waals surface area (Å²) in [4.78, 5) is 0. The SMILES string of the molecule is Cc1ccccc1-c1ccc2c(c1)Oc1cc(-c3ccc4c(c3)c3cc(-c5ccc6c(c5)c5ccccc5n6-c5ccccc5)ccc3n4-c3ccccc3)cc3c1B2c1ccc(-c2ccccc2C)cc1O3. The molecule has 2 aromatic heterocycles. The van der Waals surface area contributed by atoms with Crippen molar-refractivity contribution in [3.05, 3.63) is 248 Å². The Balaban J connectivity index is 0.903. The summed E-state index contributed by atoms with van der Waals surface area (Å²) in [5.74, 6) is 3.38. The maximum Gasteiger partial charge on any atom is 0.260 e. The first-order valence-corrected chi connectivity index (χ1v) is 25.2. The lowest BCUT2D eigenvalue weighted by Crippen LogP contribution is -2.57. The number of para-hydroxylation sites is 3. The van der Waals surface area contributed by atoms with E-state index in [1.54, 1.807) is 0 Å². The standard InChI is InChI=1S/C68H45BN2O2/c1-42-15-9-11-21-52(42)47-25-30-58-64(38-47)72-66-40-49(41-67-68(66)69(58)59-31-26-48(39-65(59)73-67)53-22-12-10-16-43(53)2)46-29-34-63-57(37-46)56-36-45(28-33-62(56)71(63)51-19-7-4-8-20-51)44-27-32-61-55(35-44)54-23-13-14-24-60(54)70(61)50-17-5-3-6-18-50/h3-41H,1-2H3. The monoisotopic (exact) mass is 932 g/mol. The van der Waals surface area contributed by atoms with Crippen LogP contribution in [0.15, 0.2) is 237 Å². The first-order valence-electron chi connectivity index (χ1n) is 25.2. The predicted molar refractivity (Wildman–Crippen MR) is 304 cm³/mol. The molecule has 11 aromatic carbocycles. The Bertz CT molecular complexity index is 4290. The second kappa shape index (κ2) is 16.1. The predicted octanol–water partition coefficient (Wildman–Crippen LogP) is 15.9. The lowest BCUT2D eigenvalue weighted by Gasteiger charge is -2.34. The summed E-state index contributed by atoms with van der Waals surface area (Å²) in [6.45, 7) is 4.28. The normalized spacial score (nSPS) is 12.4. The summed E-state index contributed by atoms with van der Waals surface area (Å²) in [7, 11) is 0. The van der Waals surface area contributed by atoms with Crippen molar-refractivity contribution in [1.82, 2.24) is 9.13 Å². The third-order valence-electron chi connectivity index (χ3n) is 15.5. The fourth-order valence-electron chi connectivity index (χ4n) is 12.0. The Kier molecular flexibility index (Phi) is 9.15. The molecule has 0 atom stereocenters. The van der Waals surface area contributed by atoms with Crippen molar-refractivity contribution in [2.45, 2.75) is 13.8 Å². The third kappa shape index (κ3) is 6.48. The second-order valence-corrected chi connectivity index (χ2v) is 19.7. The Labute approximate surface area is 423 Å². The van der Waals surface area contributed by atoms with Gasteiger partial charge >= 0.3 is 0 Å². The van der Waals surface area contributed by atoms with Crippen LogP contribution in [0.25, 0.3) is 99.5 Å². The average Bonchev–Trinajstić information content (AvgIpc) is 3.96. The number of benzene rings is 11. The van der Waals surface area contributed by atoms with Crippen LogP contribution in [0.3, 0.4) is 0 Å². The van der Waals surface area contributed by atoms with E-state index in [4.69, 9.17) is 9.47 Å². The van der Waals surface area contributed by atoms with Crippen molar-refractivity contribution in [2.24, 2.45) is 0 Å². The van der Waals surface area contributed by atoms with Gasteiger partial charge in [0.15, 0.2) is 0 Å². The molecule has 0 bridgehead atoms. The minimum atomic E-state index is -0.0674. The minimum absolute atomic E-state index is 0.0674. The van der Waals surface area contributed by atoms with Crippen LogP contribution in [-0.4, -0.2) is 15.8 Å². The number of fused-ring (bicyclic) bond motifs is 10. The number of ether oxygens (including phenoxy) is 2. The van der Waals surface area contributed by atoms with Gasteiger partial charge < -0.3 is 18.6 Å². The van der Waals surface area contributed by atoms with Crippen LogP contribution in [0.2, 0.25) is 0 Å². The first kappa shape index (κ1) is 41.5. The summed E-state index contributed by atoms with van der Waals surface area (Å²) >= 11 is 0. The van der Waals surface area contributed by atoms with Crippen LogP contribution >= 0.6 is 0 Å². The van der Waals surface area contributed by atoms with E-state index in [1.165, 1.54) is 66.0 Å². The van der Waals surface area contributed by atoms with Crippen molar-refractivity contribution in [3.63, 3.8) is 0 Å². The van der Waals surface area contributed by atoms with E-state index in [2.05, 4.69) is 260 Å². The van der Waals surface area contributed by atoms with Gasteiger partial charge in [0.25, 0.3) is 6.71 Å². The van der Waals surface area contributed by atoms with Crippen LogP contribution in [0.4, 0.5) is 0 Å². The van der Waals surface area contributed by atoms with Gasteiger partial charge in [-0.2, -0.15) is 0 Å². The van der Waals surface area contributed by atoms with Gasteiger partial charge in [-0.05, 0) is 171 Å². The van der Waals surface area contributed by atoms with E-state index in [-0.39, 0.29) is 6.71 Å². The molecule has 0 amide bonds. The molecule has 13 aromatic rings. The van der Waals surface area contributed by atoms with E-state index in [1.807, 2.05) is 0 Å². The molecule has 342 valence electrons. The molecule has 0 aliphatic carbocycles. The van der Waals surface area contributed by atoms with E-state index >= 15 is 0 Å². The van der Waals surface area contributed by atoms with E-state index in [9.17, 15) is 0 Å². The maximum absolute atomic E-state index is 7.09. The molecule has 2 aliphatic heterocycles. The number of rotatable bonds is 6. The second-order valence-electron chi connectivity index (χ2n) is 19.7. The Morgan fingerprint density at radius 1 is 0.301 bits per heavy atom. The summed E-state index contributed by atoms with van der Waals surface area (Å²) < 4.78 is 19.0. The Hall–Kier alpha value is -9.32. The lowest BCUT2D eigenvalue weighted by atomic mass is 9.34. The van der Waals surface area contributed by atoms with Gasteiger partial charge in [0, 0.05) is 38.4 Å². The molecular weight excluding hydrogens is 888 g/mol. The van der Waals surface area contributed by atoms with Gasteiger partial charge in [-0.15, -0.1) is 0 Å². The van der Waals surface area contributed by atoms with Crippen LogP contribution in [0.5, 0.6) is 23.0 Å². The molecular formula is C68H45BN2O2. The van der Waals surface area contributed by atoms with E-state index in [0.717, 1.165) is 84.0 Å². The van der Waals surface area contributed by atoms with Gasteiger partial charge in [-0.1, -0.05) is 146 Å². The smallest absolute Gasteiger partial charge is 0.260 e. The van der Waals surface area contributed by atoms with Crippen molar-refractivity contribution < 1.29 is 9.47 Å². The van der Waals surface area contributed by atoms with Crippen LogP contribution < -0.4 is 25.9 Å². The van der Waals surface area contributed by atoms with Crippen LogP contribution in [0.1, 0.15) is 11.1 Å². The molecule has 0 N–H and O–H groups in total. The van der Waals surface area contributed by atoms with Crippen LogP contribution in [0, 0.1) is 13.8 Å². The highest BCUT2D eigenvalue weighted by atomic mass is 16.5. The molecule has 0 saturated heterocycles. The molecule has 0 saturated carbocycles. The van der Waals surface area contributed by atoms with Gasteiger partial charge in [0.05, 0.1) is 22.1 Å². The summed E-state index contributed by atoms with van der Waals surface area (Å²) in [6.07, 6.45) is 0. The molecule has 0 radical (unpaired) electrons. The van der Waals surface area contributed by atoms with Crippen molar-refractivity contribution >= 4 is 66.7 Å². The molecule has 15 rings (SSSR count). The molecule has 0 unspecified atom stereocenters. The van der Waals surface area contributed by atoms with Gasteiger partial charge in [0.2, 0.25) is 0 Å². The summed E-state index contributed by atoms with van der Waals surface area (Å²) in [6, 6.07) is 86.0. The maximum atomic E-state index is 7.09. The van der Waals surface area contributed by atoms with Crippen molar-refractivity contribution in [2.75, 3.05) is 0 Å². The molecule has 0 spiro atoms. The van der Waals surface area contributed by atoms with Gasteiger partial charge in [0.1, 0.15) is 23.0 Å². The molecule has 73 heavy (non-hydrogen) atoms. The first-order chi connectivity index (χ1) is 36.0. The molecule has 4 heterocycles. The molecule has 4 nitrogen and oxygen atoms in total. The molecule has 5 heteroatoms. The van der Waals surface area contributed by atoms with Crippen LogP contribution in [-0.2, 0) is 0 Å². The fourth-order valence-corrected chi connectivity index (χ4v) is 12.0. The van der Waals surface area contributed by atoms with Crippen molar-refractivity contribution in [1.29, 1.82) is 0 Å². The van der Waals surface area contributed by atoms with Gasteiger partial charge in [-0.3, -0.25) is 0 Å². The van der Waals surface area contributed by atoms with Gasteiger partial charge in [-0.25, -0.2) is 0 Å². The minimum Gasteiger partial charge on any atom is -0.458 e. The van der Waals surface area contributed by atoms with E-state index in [0.29, 0.717) is 0 Å². The quantitative estimate of drug-likeness (QED) is 0.155. The molecule has 2 aliphatic rings.